The van der Waals surface area contributed by atoms with Gasteiger partial charge in [-0.05, 0) is 69.1 Å². The Morgan fingerprint density at radius 3 is 2.39 bits per heavy atom. The molecule has 1 aromatic carbocycles. The van der Waals surface area contributed by atoms with Gasteiger partial charge in [0.15, 0.2) is 0 Å². The van der Waals surface area contributed by atoms with Crippen LogP contribution < -0.4 is 5.32 Å². The van der Waals surface area contributed by atoms with Crippen molar-refractivity contribution in [1.29, 1.82) is 0 Å². The Hall–Kier alpha value is 0.320. The molecule has 0 radical (unpaired) electrons. The molecule has 1 nitrogen and oxygen atoms in total. The van der Waals surface area contributed by atoms with Gasteiger partial charge < -0.3 is 5.32 Å². The van der Waals surface area contributed by atoms with Crippen LogP contribution in [0.15, 0.2) is 36.3 Å². The van der Waals surface area contributed by atoms with Crippen LogP contribution in [0.5, 0.6) is 0 Å². The van der Waals surface area contributed by atoms with E-state index in [1.807, 2.05) is 7.05 Å². The molecule has 2 rings (SSSR count). The summed E-state index contributed by atoms with van der Waals surface area (Å²) in [5.74, 6) is 0. The van der Waals surface area contributed by atoms with Gasteiger partial charge in [0.25, 0.3) is 0 Å². The fourth-order valence-electron chi connectivity index (χ4n) is 1.91. The number of hydrogen-bond donors (Lipinski definition) is 1. The van der Waals surface area contributed by atoms with Gasteiger partial charge in [-0.25, -0.2) is 0 Å². The smallest absolute Gasteiger partial charge is 0.0761 e. The SMILES string of the molecule is CNC(c1cc(C)ccc1Br)c1cc(Br)sc1Br. The summed E-state index contributed by atoms with van der Waals surface area (Å²) in [5.41, 5.74) is 3.77. The zero-order valence-electron chi connectivity index (χ0n) is 9.93. The highest BCUT2D eigenvalue weighted by Gasteiger charge is 2.19. The summed E-state index contributed by atoms with van der Waals surface area (Å²) in [6.07, 6.45) is 0. The highest BCUT2D eigenvalue weighted by atomic mass is 79.9. The quantitative estimate of drug-likeness (QED) is 0.633. The van der Waals surface area contributed by atoms with Crippen molar-refractivity contribution in [3.8, 4) is 0 Å². The van der Waals surface area contributed by atoms with Crippen LogP contribution in [0.1, 0.15) is 22.7 Å². The second-order valence-electron chi connectivity index (χ2n) is 4.03. The molecule has 0 amide bonds. The molecular weight excluding hydrogens is 442 g/mol. The summed E-state index contributed by atoms with van der Waals surface area (Å²) in [5, 5.41) is 3.38. The van der Waals surface area contributed by atoms with E-state index in [-0.39, 0.29) is 6.04 Å². The number of thiophene rings is 1. The van der Waals surface area contributed by atoms with Crippen LogP contribution in [0.3, 0.4) is 0 Å². The highest BCUT2D eigenvalue weighted by Crippen LogP contribution is 2.39. The van der Waals surface area contributed by atoms with Crippen LogP contribution in [0.2, 0.25) is 0 Å². The summed E-state index contributed by atoms with van der Waals surface area (Å²) >= 11 is 12.5. The van der Waals surface area contributed by atoms with Crippen molar-refractivity contribution in [2.45, 2.75) is 13.0 Å². The molecule has 0 aliphatic rings. The minimum atomic E-state index is 0.177. The highest BCUT2D eigenvalue weighted by molar-refractivity contribution is 9.12. The predicted octanol–water partition coefficient (Wildman–Crippen LogP) is 5.65. The normalized spacial score (nSPS) is 12.7. The van der Waals surface area contributed by atoms with Gasteiger partial charge in [-0.1, -0.05) is 33.6 Å². The van der Waals surface area contributed by atoms with Crippen LogP contribution in [-0.4, -0.2) is 7.05 Å². The van der Waals surface area contributed by atoms with Gasteiger partial charge in [-0.3, -0.25) is 0 Å². The molecule has 1 atom stereocenters. The van der Waals surface area contributed by atoms with Crippen molar-refractivity contribution in [2.75, 3.05) is 7.05 Å². The zero-order chi connectivity index (χ0) is 13.3. The zero-order valence-corrected chi connectivity index (χ0v) is 15.5. The molecule has 1 unspecified atom stereocenters. The van der Waals surface area contributed by atoms with Crippen molar-refractivity contribution < 1.29 is 0 Å². The predicted molar refractivity (Wildman–Crippen MR) is 89.5 cm³/mol. The first kappa shape index (κ1) is 14.7. The monoisotopic (exact) mass is 451 g/mol. The molecule has 0 spiro atoms. The molecule has 0 fully saturated rings. The van der Waals surface area contributed by atoms with E-state index in [0.29, 0.717) is 0 Å². The van der Waals surface area contributed by atoms with Gasteiger partial charge >= 0.3 is 0 Å². The Morgan fingerprint density at radius 2 is 1.83 bits per heavy atom. The molecule has 0 aliphatic carbocycles. The molecule has 1 N–H and O–H groups in total. The van der Waals surface area contributed by atoms with E-state index < -0.39 is 0 Å². The topological polar surface area (TPSA) is 12.0 Å². The average Bonchev–Trinajstić information content (AvgIpc) is 2.64. The van der Waals surface area contributed by atoms with E-state index in [9.17, 15) is 0 Å². The maximum atomic E-state index is 3.64. The molecule has 1 aromatic heterocycles. The van der Waals surface area contributed by atoms with E-state index >= 15 is 0 Å². The van der Waals surface area contributed by atoms with Crippen molar-refractivity contribution in [1.82, 2.24) is 5.32 Å². The second-order valence-corrected chi connectivity index (χ2v) is 8.63. The molecule has 0 aliphatic heterocycles. The number of benzene rings is 1. The largest absolute Gasteiger partial charge is 0.309 e. The molecule has 18 heavy (non-hydrogen) atoms. The van der Waals surface area contributed by atoms with Crippen molar-refractivity contribution in [3.05, 3.63) is 53.0 Å². The Balaban J connectivity index is 2.51. The van der Waals surface area contributed by atoms with E-state index in [2.05, 4.69) is 84.3 Å². The first-order chi connectivity index (χ1) is 8.52. The standard InChI is InChI=1S/C13H12Br3NS/c1-7-3-4-10(14)8(5-7)12(17-2)9-6-11(15)18-13(9)16/h3-6,12,17H,1-2H3. The van der Waals surface area contributed by atoms with Gasteiger partial charge in [-0.15, -0.1) is 11.3 Å². The van der Waals surface area contributed by atoms with Crippen LogP contribution in [0.25, 0.3) is 0 Å². The first-order valence-corrected chi connectivity index (χ1v) is 8.60. The van der Waals surface area contributed by atoms with Crippen molar-refractivity contribution >= 4 is 59.1 Å². The molecule has 0 saturated heterocycles. The Morgan fingerprint density at radius 1 is 1.11 bits per heavy atom. The lowest BCUT2D eigenvalue weighted by molar-refractivity contribution is 0.688. The third-order valence-electron chi connectivity index (χ3n) is 2.75. The summed E-state index contributed by atoms with van der Waals surface area (Å²) in [7, 11) is 1.98. The molecule has 0 bridgehead atoms. The number of rotatable bonds is 3. The van der Waals surface area contributed by atoms with E-state index in [4.69, 9.17) is 0 Å². The maximum Gasteiger partial charge on any atom is 0.0761 e. The second kappa shape index (κ2) is 6.18. The lowest BCUT2D eigenvalue weighted by Gasteiger charge is -2.18. The van der Waals surface area contributed by atoms with E-state index in [1.165, 1.54) is 16.7 Å². The Kier molecular flexibility index (Phi) is 5.06. The summed E-state index contributed by atoms with van der Waals surface area (Å²) < 4.78 is 3.41. The number of halogens is 3. The third-order valence-corrected chi connectivity index (χ3v) is 5.85. The lowest BCUT2D eigenvalue weighted by Crippen LogP contribution is -2.18. The van der Waals surface area contributed by atoms with Gasteiger partial charge in [0.1, 0.15) is 0 Å². The van der Waals surface area contributed by atoms with Crippen LogP contribution in [0.4, 0.5) is 0 Å². The summed E-state index contributed by atoms with van der Waals surface area (Å²) in [6.45, 7) is 2.11. The average molecular weight is 454 g/mol. The van der Waals surface area contributed by atoms with Crippen LogP contribution >= 0.6 is 59.1 Å². The lowest BCUT2D eigenvalue weighted by atomic mass is 10.00. The molecule has 96 valence electrons. The number of hydrogen-bond acceptors (Lipinski definition) is 2. The van der Waals surface area contributed by atoms with Crippen molar-refractivity contribution in [3.63, 3.8) is 0 Å². The van der Waals surface area contributed by atoms with Gasteiger partial charge in [0, 0.05) is 4.47 Å². The number of nitrogens with one attached hydrogen (secondary N) is 1. The fraction of sp³-hybridized carbons (Fsp3) is 0.231. The minimum Gasteiger partial charge on any atom is -0.309 e. The first-order valence-electron chi connectivity index (χ1n) is 5.41. The van der Waals surface area contributed by atoms with Gasteiger partial charge in [-0.2, -0.15) is 0 Å². The van der Waals surface area contributed by atoms with Gasteiger partial charge in [0.2, 0.25) is 0 Å². The van der Waals surface area contributed by atoms with Gasteiger partial charge in [0.05, 0.1) is 13.6 Å². The minimum absolute atomic E-state index is 0.177. The Labute approximate surface area is 136 Å². The fourth-order valence-corrected chi connectivity index (χ4v) is 5.29. The molecule has 5 heteroatoms. The maximum absolute atomic E-state index is 3.64. The third kappa shape index (κ3) is 3.07. The van der Waals surface area contributed by atoms with E-state index in [1.54, 1.807) is 11.3 Å². The van der Waals surface area contributed by atoms with E-state index in [0.717, 1.165) is 12.0 Å². The Bertz CT molecular complexity index is 565. The number of aryl methyl sites for hydroxylation is 1. The molecule has 0 saturated carbocycles. The molecule has 2 aromatic rings. The summed E-state index contributed by atoms with van der Waals surface area (Å²) in [4.78, 5) is 0. The molecule has 1 heterocycles. The summed E-state index contributed by atoms with van der Waals surface area (Å²) in [6, 6.07) is 8.76. The van der Waals surface area contributed by atoms with Crippen LogP contribution in [-0.2, 0) is 0 Å². The van der Waals surface area contributed by atoms with Crippen molar-refractivity contribution in [2.24, 2.45) is 0 Å². The molecular formula is C13H12Br3NS. The van der Waals surface area contributed by atoms with Crippen LogP contribution in [0, 0.1) is 6.92 Å².